The third kappa shape index (κ3) is 7.26. The maximum Gasteiger partial charge on any atom is 0.303 e. The summed E-state index contributed by atoms with van der Waals surface area (Å²) in [6, 6.07) is 0. The van der Waals surface area contributed by atoms with Gasteiger partial charge in [-0.3, -0.25) is 9.59 Å². The lowest BCUT2D eigenvalue weighted by atomic mass is 10.0. The van der Waals surface area contributed by atoms with Crippen molar-refractivity contribution in [3.05, 3.63) is 0 Å². The molecule has 94 valence electrons. The van der Waals surface area contributed by atoms with Crippen molar-refractivity contribution in [2.45, 2.75) is 46.0 Å². The second-order valence-electron chi connectivity index (χ2n) is 4.41. The van der Waals surface area contributed by atoms with Crippen LogP contribution in [0.2, 0.25) is 0 Å². The standard InChI is InChI=1S/C12H23NO3/c1-4-6-10(2)9-11(14)13(3)8-5-7-12(15)16/h10H,4-9H2,1-3H3,(H,15,16). The minimum absolute atomic E-state index is 0.117. The third-order valence-corrected chi connectivity index (χ3v) is 2.61. The molecule has 0 bridgehead atoms. The molecule has 0 radical (unpaired) electrons. The zero-order valence-corrected chi connectivity index (χ0v) is 10.5. The van der Waals surface area contributed by atoms with Gasteiger partial charge in [-0.1, -0.05) is 26.7 Å². The minimum atomic E-state index is -0.805. The van der Waals surface area contributed by atoms with Crippen LogP contribution in [0.1, 0.15) is 46.0 Å². The monoisotopic (exact) mass is 229 g/mol. The number of carbonyl (C=O) groups is 2. The minimum Gasteiger partial charge on any atom is -0.481 e. The predicted molar refractivity (Wildman–Crippen MR) is 63.2 cm³/mol. The van der Waals surface area contributed by atoms with Gasteiger partial charge in [-0.2, -0.15) is 0 Å². The van der Waals surface area contributed by atoms with Crippen LogP contribution >= 0.6 is 0 Å². The number of carboxylic acid groups (broad SMARTS) is 1. The van der Waals surface area contributed by atoms with Gasteiger partial charge in [0.1, 0.15) is 0 Å². The molecule has 0 saturated heterocycles. The normalized spacial score (nSPS) is 12.2. The summed E-state index contributed by atoms with van der Waals surface area (Å²) in [4.78, 5) is 23.6. The van der Waals surface area contributed by atoms with Gasteiger partial charge >= 0.3 is 5.97 Å². The molecule has 1 N–H and O–H groups in total. The molecule has 4 nitrogen and oxygen atoms in total. The molecule has 0 fully saturated rings. The van der Waals surface area contributed by atoms with Gasteiger partial charge in [0.15, 0.2) is 0 Å². The highest BCUT2D eigenvalue weighted by Gasteiger charge is 2.12. The van der Waals surface area contributed by atoms with Crippen molar-refractivity contribution in [3.8, 4) is 0 Å². The van der Waals surface area contributed by atoms with E-state index < -0.39 is 5.97 Å². The molecule has 0 rings (SSSR count). The Morgan fingerprint density at radius 2 is 2.00 bits per heavy atom. The molecule has 0 spiro atoms. The van der Waals surface area contributed by atoms with Gasteiger partial charge in [-0.05, 0) is 12.3 Å². The molecular formula is C12H23NO3. The second kappa shape index (κ2) is 8.13. The quantitative estimate of drug-likeness (QED) is 0.693. The highest BCUT2D eigenvalue weighted by molar-refractivity contribution is 5.76. The highest BCUT2D eigenvalue weighted by Crippen LogP contribution is 2.11. The topological polar surface area (TPSA) is 57.6 Å². The van der Waals surface area contributed by atoms with E-state index >= 15 is 0 Å². The van der Waals surface area contributed by atoms with Crippen LogP contribution in [0.4, 0.5) is 0 Å². The molecule has 16 heavy (non-hydrogen) atoms. The summed E-state index contributed by atoms with van der Waals surface area (Å²) in [5.74, 6) is -0.272. The maximum absolute atomic E-state index is 11.7. The van der Waals surface area contributed by atoms with E-state index in [2.05, 4.69) is 13.8 Å². The number of hydrogen-bond donors (Lipinski definition) is 1. The van der Waals surface area contributed by atoms with Crippen molar-refractivity contribution in [2.75, 3.05) is 13.6 Å². The summed E-state index contributed by atoms with van der Waals surface area (Å²) in [6.45, 7) is 4.72. The summed E-state index contributed by atoms with van der Waals surface area (Å²) in [7, 11) is 1.74. The smallest absolute Gasteiger partial charge is 0.303 e. The molecule has 0 aliphatic rings. The molecule has 4 heteroatoms. The molecule has 0 aliphatic heterocycles. The SMILES string of the molecule is CCCC(C)CC(=O)N(C)CCCC(=O)O. The Balaban J connectivity index is 3.76. The first kappa shape index (κ1) is 14.9. The highest BCUT2D eigenvalue weighted by atomic mass is 16.4. The summed E-state index contributed by atoms with van der Waals surface area (Å²) in [5, 5.41) is 8.48. The molecule has 0 aliphatic carbocycles. The van der Waals surface area contributed by atoms with Gasteiger partial charge in [-0.25, -0.2) is 0 Å². The number of rotatable bonds is 8. The van der Waals surface area contributed by atoms with Crippen LogP contribution in [0, 0.1) is 5.92 Å². The lowest BCUT2D eigenvalue weighted by Gasteiger charge is -2.19. The number of hydrogen-bond acceptors (Lipinski definition) is 2. The Bertz CT molecular complexity index is 228. The molecule has 0 aromatic rings. The Labute approximate surface area is 97.6 Å². The van der Waals surface area contributed by atoms with Gasteiger partial charge < -0.3 is 10.0 Å². The first-order chi connectivity index (χ1) is 7.47. The molecule has 0 saturated carbocycles. The fourth-order valence-corrected chi connectivity index (χ4v) is 1.64. The molecule has 1 amide bonds. The van der Waals surface area contributed by atoms with Gasteiger partial charge in [0.2, 0.25) is 5.91 Å². The summed E-state index contributed by atoms with van der Waals surface area (Å²) < 4.78 is 0. The van der Waals surface area contributed by atoms with Crippen molar-refractivity contribution in [3.63, 3.8) is 0 Å². The van der Waals surface area contributed by atoms with Gasteiger partial charge in [0.25, 0.3) is 0 Å². The van der Waals surface area contributed by atoms with Crippen molar-refractivity contribution in [1.29, 1.82) is 0 Å². The average Bonchev–Trinajstić information content (AvgIpc) is 2.17. The van der Waals surface area contributed by atoms with E-state index in [0.717, 1.165) is 12.8 Å². The summed E-state index contributed by atoms with van der Waals surface area (Å²) >= 11 is 0. The number of amides is 1. The molecule has 1 unspecified atom stereocenters. The van der Waals surface area contributed by atoms with E-state index in [1.165, 1.54) is 0 Å². The first-order valence-electron chi connectivity index (χ1n) is 5.93. The zero-order chi connectivity index (χ0) is 12.6. The van der Waals surface area contributed by atoms with Crippen molar-refractivity contribution < 1.29 is 14.7 Å². The van der Waals surface area contributed by atoms with Gasteiger partial charge in [0.05, 0.1) is 0 Å². The summed E-state index contributed by atoms with van der Waals surface area (Å²) in [5.41, 5.74) is 0. The molecular weight excluding hydrogens is 206 g/mol. The maximum atomic E-state index is 11.7. The predicted octanol–water partition coefficient (Wildman–Crippen LogP) is 2.14. The lowest BCUT2D eigenvalue weighted by molar-refractivity contribution is -0.138. The Hall–Kier alpha value is -1.06. The molecule has 0 aromatic carbocycles. The lowest BCUT2D eigenvalue weighted by Crippen LogP contribution is -2.29. The van der Waals surface area contributed by atoms with Crippen LogP contribution in [-0.2, 0) is 9.59 Å². The number of carboxylic acids is 1. The number of aliphatic carboxylic acids is 1. The second-order valence-corrected chi connectivity index (χ2v) is 4.41. The van der Waals surface area contributed by atoms with Crippen molar-refractivity contribution in [2.24, 2.45) is 5.92 Å². The van der Waals surface area contributed by atoms with Crippen LogP contribution in [0.3, 0.4) is 0 Å². The Morgan fingerprint density at radius 3 is 2.50 bits per heavy atom. The van der Waals surface area contributed by atoms with Gasteiger partial charge in [0, 0.05) is 26.4 Å². The largest absolute Gasteiger partial charge is 0.481 e. The molecule has 1 atom stereocenters. The van der Waals surface area contributed by atoms with Crippen LogP contribution < -0.4 is 0 Å². The summed E-state index contributed by atoms with van der Waals surface area (Å²) in [6.07, 6.45) is 3.38. The van der Waals surface area contributed by atoms with E-state index in [1.807, 2.05) is 0 Å². The Morgan fingerprint density at radius 1 is 1.38 bits per heavy atom. The fourth-order valence-electron chi connectivity index (χ4n) is 1.64. The van der Waals surface area contributed by atoms with E-state index in [1.54, 1.807) is 11.9 Å². The van der Waals surface area contributed by atoms with Crippen LogP contribution in [0.5, 0.6) is 0 Å². The first-order valence-corrected chi connectivity index (χ1v) is 5.93. The van der Waals surface area contributed by atoms with Crippen molar-refractivity contribution in [1.82, 2.24) is 4.90 Å². The Kier molecular flexibility index (Phi) is 7.60. The fraction of sp³-hybridized carbons (Fsp3) is 0.833. The van der Waals surface area contributed by atoms with E-state index in [4.69, 9.17) is 5.11 Å². The van der Waals surface area contributed by atoms with Crippen molar-refractivity contribution >= 4 is 11.9 Å². The average molecular weight is 229 g/mol. The van der Waals surface area contributed by atoms with E-state index in [9.17, 15) is 9.59 Å². The zero-order valence-electron chi connectivity index (χ0n) is 10.5. The van der Waals surface area contributed by atoms with Crippen LogP contribution in [0.25, 0.3) is 0 Å². The van der Waals surface area contributed by atoms with E-state index in [-0.39, 0.29) is 12.3 Å². The van der Waals surface area contributed by atoms with Gasteiger partial charge in [-0.15, -0.1) is 0 Å². The number of nitrogens with zero attached hydrogens (tertiary/aromatic N) is 1. The molecule has 0 heterocycles. The van der Waals surface area contributed by atoms with Crippen LogP contribution in [-0.4, -0.2) is 35.5 Å². The number of carbonyl (C=O) groups excluding carboxylic acids is 1. The van der Waals surface area contributed by atoms with Crippen LogP contribution in [0.15, 0.2) is 0 Å². The third-order valence-electron chi connectivity index (χ3n) is 2.61. The van der Waals surface area contributed by atoms with E-state index in [0.29, 0.717) is 25.3 Å². The molecule has 0 aromatic heterocycles.